The monoisotopic (exact) mass is 372 g/mol. The Morgan fingerprint density at radius 1 is 0.852 bits per heavy atom. The fourth-order valence-corrected chi connectivity index (χ4v) is 4.42. The third-order valence-corrected chi connectivity index (χ3v) is 5.99. The van der Waals surface area contributed by atoms with Crippen LogP contribution in [0.2, 0.25) is 0 Å². The van der Waals surface area contributed by atoms with E-state index in [-0.39, 0.29) is 5.30 Å². The third kappa shape index (κ3) is 5.55. The molecule has 3 rings (SSSR count). The first kappa shape index (κ1) is 21.4. The summed E-state index contributed by atoms with van der Waals surface area (Å²) >= 11 is 2.08. The maximum atomic E-state index is 12.5. The molecular formula is C22H22LiO3P. The SMILES string of the molecule is Cc1cc(C)c(C(=O)P(=O)(O)c2ccccc2)c(C)c1.[Li][c]1ccccc1. The molecule has 0 aliphatic rings. The van der Waals surface area contributed by atoms with Crippen molar-refractivity contribution in [1.29, 1.82) is 0 Å². The van der Waals surface area contributed by atoms with E-state index in [2.05, 4.69) is 29.8 Å². The second kappa shape index (κ2) is 9.36. The van der Waals surface area contributed by atoms with Crippen molar-refractivity contribution in [3.05, 3.63) is 95.1 Å². The molecule has 3 nitrogen and oxygen atoms in total. The molecule has 0 fully saturated rings. The van der Waals surface area contributed by atoms with E-state index in [1.165, 1.54) is 16.4 Å². The fourth-order valence-electron chi connectivity index (χ4n) is 2.95. The van der Waals surface area contributed by atoms with Gasteiger partial charge >= 0.3 is 52.3 Å². The second-order valence-corrected chi connectivity index (χ2v) is 8.72. The van der Waals surface area contributed by atoms with Gasteiger partial charge in [-0.1, -0.05) is 35.9 Å². The number of carbonyl (C=O) groups is 1. The van der Waals surface area contributed by atoms with Crippen LogP contribution in [0.4, 0.5) is 0 Å². The van der Waals surface area contributed by atoms with Crippen molar-refractivity contribution in [2.24, 2.45) is 0 Å². The molecule has 1 atom stereocenters. The van der Waals surface area contributed by atoms with E-state index in [1.54, 1.807) is 32.0 Å². The van der Waals surface area contributed by atoms with Crippen LogP contribution in [-0.2, 0) is 4.57 Å². The minimum atomic E-state index is -4.07. The van der Waals surface area contributed by atoms with Crippen LogP contribution in [0.25, 0.3) is 0 Å². The number of aryl methyl sites for hydroxylation is 3. The van der Waals surface area contributed by atoms with Crippen molar-refractivity contribution in [3.8, 4) is 0 Å². The summed E-state index contributed by atoms with van der Waals surface area (Å²) in [5.74, 6) is 0. The van der Waals surface area contributed by atoms with E-state index < -0.39 is 12.9 Å². The molecular weight excluding hydrogens is 350 g/mol. The van der Waals surface area contributed by atoms with Gasteiger partial charge in [-0.3, -0.25) is 9.36 Å². The summed E-state index contributed by atoms with van der Waals surface area (Å²) in [5, 5.41) is 0.171. The number of hydrogen-bond donors (Lipinski definition) is 1. The van der Waals surface area contributed by atoms with E-state index >= 15 is 0 Å². The molecule has 0 bridgehead atoms. The molecule has 0 amide bonds. The molecule has 0 radical (unpaired) electrons. The first-order chi connectivity index (χ1) is 12.7. The van der Waals surface area contributed by atoms with Crippen LogP contribution in [0.3, 0.4) is 0 Å². The summed E-state index contributed by atoms with van der Waals surface area (Å²) in [6, 6.07) is 22.0. The van der Waals surface area contributed by atoms with Gasteiger partial charge in [0.05, 0.1) is 0 Å². The molecule has 5 heteroatoms. The van der Waals surface area contributed by atoms with Gasteiger partial charge < -0.3 is 4.89 Å². The number of hydrogen-bond acceptors (Lipinski definition) is 2. The zero-order valence-electron chi connectivity index (χ0n) is 16.1. The van der Waals surface area contributed by atoms with Crippen LogP contribution in [-0.4, -0.2) is 28.1 Å². The van der Waals surface area contributed by atoms with Crippen molar-refractivity contribution < 1.29 is 14.3 Å². The standard InChI is InChI=1S/C16H17O3P.C6H5.Li/c1-11-9-12(2)15(13(3)10-11)16(17)20(18,19)14-7-5-4-6-8-14;1-2-4-6-5-3-1;/h4-10H,1-3H3,(H,18,19);1-5H;. The van der Waals surface area contributed by atoms with E-state index in [1.807, 2.05) is 37.3 Å². The Kier molecular flexibility index (Phi) is 7.42. The van der Waals surface area contributed by atoms with Gasteiger partial charge in [0.2, 0.25) is 0 Å². The van der Waals surface area contributed by atoms with Gasteiger partial charge in [0.1, 0.15) is 0 Å². The van der Waals surface area contributed by atoms with Gasteiger partial charge in [0.25, 0.3) is 12.9 Å². The molecule has 3 aromatic rings. The molecule has 1 unspecified atom stereocenters. The molecule has 0 spiro atoms. The first-order valence-corrected chi connectivity index (χ1v) is 10.4. The van der Waals surface area contributed by atoms with Gasteiger partial charge in [-0.15, -0.1) is 0 Å². The molecule has 0 aromatic heterocycles. The number of carbonyl (C=O) groups excluding carboxylic acids is 1. The Hall–Kier alpha value is -1.88. The van der Waals surface area contributed by atoms with Crippen LogP contribution < -0.4 is 9.54 Å². The minimum absolute atomic E-state index is 0.171. The topological polar surface area (TPSA) is 54.4 Å². The maximum absolute atomic E-state index is 12.5. The Balaban J connectivity index is 0.000000313. The predicted molar refractivity (Wildman–Crippen MR) is 113 cm³/mol. The molecule has 0 heterocycles. The van der Waals surface area contributed by atoms with Crippen LogP contribution in [0.5, 0.6) is 0 Å². The Morgan fingerprint density at radius 3 is 1.70 bits per heavy atom. The summed E-state index contributed by atoms with van der Waals surface area (Å²) in [6.07, 6.45) is 0. The van der Waals surface area contributed by atoms with Gasteiger partial charge in [-0.2, -0.15) is 0 Å². The van der Waals surface area contributed by atoms with Gasteiger partial charge in [0.15, 0.2) is 0 Å². The molecule has 27 heavy (non-hydrogen) atoms. The summed E-state index contributed by atoms with van der Waals surface area (Å²) in [7, 11) is -4.07. The van der Waals surface area contributed by atoms with E-state index in [0.717, 1.165) is 16.7 Å². The molecule has 3 aromatic carbocycles. The Morgan fingerprint density at radius 2 is 1.30 bits per heavy atom. The van der Waals surface area contributed by atoms with Crippen LogP contribution in [0.15, 0.2) is 72.8 Å². The normalized spacial score (nSPS) is 12.5. The molecule has 0 saturated carbocycles. The predicted octanol–water partition coefficient (Wildman–Crippen LogP) is 3.83. The first-order valence-electron chi connectivity index (χ1n) is 8.76. The van der Waals surface area contributed by atoms with Crippen molar-refractivity contribution in [3.63, 3.8) is 0 Å². The van der Waals surface area contributed by atoms with E-state index in [9.17, 15) is 14.3 Å². The van der Waals surface area contributed by atoms with Crippen molar-refractivity contribution in [2.75, 3.05) is 0 Å². The zero-order chi connectivity index (χ0) is 20.0. The molecule has 134 valence electrons. The third-order valence-electron chi connectivity index (χ3n) is 4.21. The van der Waals surface area contributed by atoms with Crippen LogP contribution in [0, 0.1) is 20.8 Å². The second-order valence-electron chi connectivity index (χ2n) is 6.65. The van der Waals surface area contributed by atoms with E-state index in [4.69, 9.17) is 0 Å². The number of rotatable bonds is 3. The molecule has 0 aliphatic carbocycles. The van der Waals surface area contributed by atoms with Crippen molar-refractivity contribution >= 4 is 40.1 Å². The fraction of sp³-hybridized carbons (Fsp3) is 0.136. The molecule has 0 aliphatic heterocycles. The molecule has 1 N–H and O–H groups in total. The summed E-state index contributed by atoms with van der Waals surface area (Å²) in [6.45, 7) is 5.51. The van der Waals surface area contributed by atoms with Crippen molar-refractivity contribution in [2.45, 2.75) is 20.8 Å². The van der Waals surface area contributed by atoms with Gasteiger partial charge in [0, 0.05) is 10.9 Å². The van der Waals surface area contributed by atoms with E-state index in [0.29, 0.717) is 5.56 Å². The number of benzene rings is 3. The molecule has 0 saturated heterocycles. The summed E-state index contributed by atoms with van der Waals surface area (Å²) in [4.78, 5) is 22.7. The Bertz CT molecular complexity index is 946. The summed E-state index contributed by atoms with van der Waals surface area (Å²) in [5.41, 5.74) is 2.16. The Labute approximate surface area is 170 Å². The van der Waals surface area contributed by atoms with Crippen LogP contribution >= 0.6 is 7.37 Å². The van der Waals surface area contributed by atoms with Crippen LogP contribution in [0.1, 0.15) is 27.0 Å². The van der Waals surface area contributed by atoms with Gasteiger partial charge in [-0.25, -0.2) is 0 Å². The average Bonchev–Trinajstić information content (AvgIpc) is 2.62. The quantitative estimate of drug-likeness (QED) is 0.562. The average molecular weight is 372 g/mol. The zero-order valence-corrected chi connectivity index (χ0v) is 17.0. The summed E-state index contributed by atoms with van der Waals surface area (Å²) < 4.78 is 13.8. The van der Waals surface area contributed by atoms with Gasteiger partial charge in [-0.05, 0) is 44.0 Å². The van der Waals surface area contributed by atoms with Crippen molar-refractivity contribution in [1.82, 2.24) is 0 Å².